The molecule has 0 bridgehead atoms. The molecule has 40 heavy (non-hydrogen) atoms. The maximum absolute atomic E-state index is 3.53. The fourth-order valence-electron chi connectivity index (χ4n) is 5.32. The van der Waals surface area contributed by atoms with E-state index in [1.54, 1.807) is 0 Å². The largest absolute Gasteiger partial charge is 0.369 e. The van der Waals surface area contributed by atoms with Gasteiger partial charge in [-0.25, -0.2) is 0 Å². The van der Waals surface area contributed by atoms with Crippen molar-refractivity contribution in [3.63, 3.8) is 0 Å². The fourth-order valence-corrected chi connectivity index (χ4v) is 5.32. The molecule has 1 aliphatic carbocycles. The molecule has 4 rings (SSSR count). The number of nitrogens with one attached hydrogen (secondary N) is 2. The highest BCUT2D eigenvalue weighted by Gasteiger charge is 2.12. The van der Waals surface area contributed by atoms with Crippen molar-refractivity contribution >= 4 is 28.4 Å². The summed E-state index contributed by atoms with van der Waals surface area (Å²) in [7, 11) is 0. The summed E-state index contributed by atoms with van der Waals surface area (Å²) in [5.74, 6) is 0. The third kappa shape index (κ3) is 8.94. The molecule has 4 nitrogen and oxygen atoms in total. The van der Waals surface area contributed by atoms with Crippen LogP contribution in [0.1, 0.15) is 66.2 Å². The Hall–Kier alpha value is -3.66. The van der Waals surface area contributed by atoms with Gasteiger partial charge in [-0.3, -0.25) is 0 Å². The van der Waals surface area contributed by atoms with Crippen LogP contribution in [0.15, 0.2) is 103 Å². The van der Waals surface area contributed by atoms with Crippen molar-refractivity contribution in [2.75, 3.05) is 33.5 Å². The summed E-state index contributed by atoms with van der Waals surface area (Å²) in [4.78, 5) is 5.07. The molecule has 0 fully saturated rings. The number of unbranched alkanes of at least 4 members (excludes halogenated alkanes) is 3. The molecule has 0 aliphatic heterocycles. The number of allylic oxidation sites excluding steroid dienone is 3. The van der Waals surface area contributed by atoms with Gasteiger partial charge in [-0.2, -0.15) is 0 Å². The summed E-state index contributed by atoms with van der Waals surface area (Å²) >= 11 is 0. The molecule has 0 spiro atoms. The van der Waals surface area contributed by atoms with Gasteiger partial charge in [-0.15, -0.1) is 0 Å². The smallest absolute Gasteiger partial charge is 0.0385 e. The first kappa shape index (κ1) is 29.3. The van der Waals surface area contributed by atoms with Gasteiger partial charge in [0.25, 0.3) is 0 Å². The van der Waals surface area contributed by atoms with Gasteiger partial charge in [-0.1, -0.05) is 43.2 Å². The molecule has 0 aromatic heterocycles. The van der Waals surface area contributed by atoms with Gasteiger partial charge >= 0.3 is 0 Å². The van der Waals surface area contributed by atoms with Crippen LogP contribution < -0.4 is 20.4 Å². The molecule has 0 radical (unpaired) electrons. The van der Waals surface area contributed by atoms with Crippen LogP contribution in [0.5, 0.6) is 0 Å². The van der Waals surface area contributed by atoms with Crippen LogP contribution in [-0.4, -0.2) is 25.2 Å². The highest BCUT2D eigenvalue weighted by Crippen LogP contribution is 2.25. The molecule has 212 valence electrons. The number of nitrogens with zero attached hydrogens (tertiary/aromatic N) is 2. The summed E-state index contributed by atoms with van der Waals surface area (Å²) in [6, 6.07) is 29.1. The van der Waals surface area contributed by atoms with Crippen LogP contribution >= 0.6 is 0 Å². The van der Waals surface area contributed by atoms with E-state index in [1.165, 1.54) is 42.8 Å². The van der Waals surface area contributed by atoms with Crippen molar-refractivity contribution in [3.05, 3.63) is 103 Å². The number of hydrogen-bond acceptors (Lipinski definition) is 4. The van der Waals surface area contributed by atoms with E-state index in [9.17, 15) is 0 Å². The number of hydrogen-bond donors (Lipinski definition) is 2. The van der Waals surface area contributed by atoms with Gasteiger partial charge in [0.1, 0.15) is 0 Å². The summed E-state index contributed by atoms with van der Waals surface area (Å²) in [5, 5.41) is 7.02. The quantitative estimate of drug-likeness (QED) is 0.189. The lowest BCUT2D eigenvalue weighted by atomic mass is 10.1. The third-order valence-corrected chi connectivity index (χ3v) is 7.54. The number of para-hydroxylation sites is 1. The monoisotopic (exact) mass is 536 g/mol. The van der Waals surface area contributed by atoms with Crippen LogP contribution in [-0.2, 0) is 0 Å². The average Bonchev–Trinajstić information content (AvgIpc) is 2.96. The lowest BCUT2D eigenvalue weighted by Gasteiger charge is -2.30. The zero-order chi connectivity index (χ0) is 28.2. The van der Waals surface area contributed by atoms with Gasteiger partial charge < -0.3 is 20.4 Å². The van der Waals surface area contributed by atoms with Crippen molar-refractivity contribution in [1.29, 1.82) is 0 Å². The Bertz CT molecular complexity index is 1190. The second-order valence-corrected chi connectivity index (χ2v) is 11.3. The first-order chi connectivity index (χ1) is 19.5. The molecule has 3 aromatic carbocycles. The molecule has 2 N–H and O–H groups in total. The normalized spacial score (nSPS) is 12.9. The number of rotatable bonds is 15. The first-order valence-electron chi connectivity index (χ1n) is 15.2. The fraction of sp³-hybridized carbons (Fsp3) is 0.389. The van der Waals surface area contributed by atoms with Crippen LogP contribution in [0.3, 0.4) is 0 Å². The molecule has 0 unspecified atom stereocenters. The maximum Gasteiger partial charge on any atom is 0.0385 e. The Morgan fingerprint density at radius 3 is 1.55 bits per heavy atom. The minimum Gasteiger partial charge on any atom is -0.369 e. The lowest BCUT2D eigenvalue weighted by molar-refractivity contribution is 0.578. The maximum atomic E-state index is 3.53. The van der Waals surface area contributed by atoms with Crippen molar-refractivity contribution < 1.29 is 0 Å². The highest BCUT2D eigenvalue weighted by atomic mass is 15.2. The summed E-state index contributed by atoms with van der Waals surface area (Å²) in [6.07, 6.45) is 13.9. The SMILES string of the molecule is CC(C)N(CCCCCCN(c1ccc(Nc2ccccc2)cc1)C(C)C)c1ccc(NC2=CCCC=C2)cc1. The molecule has 0 saturated carbocycles. The van der Waals surface area contributed by atoms with E-state index in [1.807, 2.05) is 6.07 Å². The third-order valence-electron chi connectivity index (χ3n) is 7.54. The first-order valence-corrected chi connectivity index (χ1v) is 15.2. The molecule has 0 amide bonds. The predicted molar refractivity (Wildman–Crippen MR) is 176 cm³/mol. The van der Waals surface area contributed by atoms with Crippen molar-refractivity contribution in [1.82, 2.24) is 0 Å². The summed E-state index contributed by atoms with van der Waals surface area (Å²) < 4.78 is 0. The van der Waals surface area contributed by atoms with E-state index >= 15 is 0 Å². The Kier molecular flexibility index (Phi) is 11.2. The Labute approximate surface area is 242 Å². The van der Waals surface area contributed by atoms with Gasteiger partial charge in [0, 0.05) is 59.3 Å². The van der Waals surface area contributed by atoms with E-state index in [2.05, 4.69) is 139 Å². The number of benzene rings is 3. The lowest BCUT2D eigenvalue weighted by Crippen LogP contribution is -2.32. The van der Waals surface area contributed by atoms with Crippen LogP contribution in [0.25, 0.3) is 0 Å². The Morgan fingerprint density at radius 1 is 0.575 bits per heavy atom. The zero-order valence-corrected chi connectivity index (χ0v) is 24.9. The minimum atomic E-state index is 0.479. The molecule has 0 heterocycles. The summed E-state index contributed by atoms with van der Waals surface area (Å²) in [5.41, 5.74) is 7.21. The average molecular weight is 537 g/mol. The molecular weight excluding hydrogens is 488 g/mol. The van der Waals surface area contributed by atoms with E-state index in [0.29, 0.717) is 12.1 Å². The van der Waals surface area contributed by atoms with Crippen molar-refractivity contribution in [2.24, 2.45) is 0 Å². The molecule has 0 atom stereocenters. The van der Waals surface area contributed by atoms with E-state index in [-0.39, 0.29) is 0 Å². The minimum absolute atomic E-state index is 0.479. The van der Waals surface area contributed by atoms with Crippen LogP contribution in [0.4, 0.5) is 28.4 Å². The van der Waals surface area contributed by atoms with Gasteiger partial charge in [-0.05, 0) is 120 Å². The van der Waals surface area contributed by atoms with E-state index in [4.69, 9.17) is 0 Å². The van der Waals surface area contributed by atoms with Crippen LogP contribution in [0, 0.1) is 0 Å². The van der Waals surface area contributed by atoms with Gasteiger partial charge in [0.15, 0.2) is 0 Å². The number of anilines is 5. The van der Waals surface area contributed by atoms with E-state index in [0.717, 1.165) is 43.0 Å². The molecular formula is C36H48N4. The molecule has 4 heteroatoms. The second kappa shape index (κ2) is 15.2. The molecule has 1 aliphatic rings. The topological polar surface area (TPSA) is 30.5 Å². The van der Waals surface area contributed by atoms with E-state index < -0.39 is 0 Å². The zero-order valence-electron chi connectivity index (χ0n) is 24.9. The van der Waals surface area contributed by atoms with Crippen LogP contribution in [0.2, 0.25) is 0 Å². The summed E-state index contributed by atoms with van der Waals surface area (Å²) in [6.45, 7) is 11.4. The predicted octanol–water partition coefficient (Wildman–Crippen LogP) is 9.77. The van der Waals surface area contributed by atoms with Gasteiger partial charge in [0.05, 0.1) is 0 Å². The highest BCUT2D eigenvalue weighted by molar-refractivity contribution is 5.63. The van der Waals surface area contributed by atoms with Crippen molar-refractivity contribution in [2.45, 2.75) is 78.3 Å². The Balaban J connectivity index is 1.20. The van der Waals surface area contributed by atoms with Gasteiger partial charge in [0.2, 0.25) is 0 Å². The standard InChI is InChI=1S/C36H48N4/c1-29(2)39(35-23-19-33(20-24-35)37-31-15-9-7-10-16-31)27-13-5-6-14-28-40(30(3)4)36-25-21-34(22-26-36)38-32-17-11-8-12-18-32/h7,9-11,15-26,29-30,37-38H,5-6,8,12-14,27-28H2,1-4H3. The van der Waals surface area contributed by atoms with Crippen molar-refractivity contribution in [3.8, 4) is 0 Å². The molecule has 0 saturated heterocycles. The second-order valence-electron chi connectivity index (χ2n) is 11.3. The Morgan fingerprint density at radius 2 is 1.07 bits per heavy atom. The molecule has 3 aromatic rings.